The molecular formula is C9H15N5. The Morgan fingerprint density at radius 1 is 1.71 bits per heavy atom. The van der Waals surface area contributed by atoms with E-state index in [1.54, 1.807) is 13.2 Å². The minimum atomic E-state index is 0.0525. The van der Waals surface area contributed by atoms with Crippen molar-refractivity contribution in [2.24, 2.45) is 13.0 Å². The van der Waals surface area contributed by atoms with Crippen molar-refractivity contribution in [2.75, 3.05) is 13.6 Å². The van der Waals surface area contributed by atoms with Crippen LogP contribution in [0.15, 0.2) is 6.20 Å². The van der Waals surface area contributed by atoms with E-state index in [1.807, 2.05) is 14.0 Å². The van der Waals surface area contributed by atoms with E-state index in [9.17, 15) is 0 Å². The lowest BCUT2D eigenvalue weighted by molar-refractivity contribution is 0.299. The third-order valence-electron chi connectivity index (χ3n) is 1.88. The Balaban J connectivity index is 2.42. The predicted molar refractivity (Wildman–Crippen MR) is 52.1 cm³/mol. The molecule has 0 aliphatic carbocycles. The maximum absolute atomic E-state index is 8.65. The standard InChI is InChI=1S/C9H15N5/c1-8(4-10)6-13(2)7-9-5-11-14(3)12-9/h5,8H,6-7H2,1-3H3/t8-/m0/s1. The fourth-order valence-electron chi connectivity index (χ4n) is 1.31. The first kappa shape index (κ1) is 10.7. The van der Waals surface area contributed by atoms with Gasteiger partial charge in [-0.15, -0.1) is 0 Å². The lowest BCUT2D eigenvalue weighted by atomic mass is 10.2. The lowest BCUT2D eigenvalue weighted by Gasteiger charge is -2.15. The number of nitriles is 1. The Morgan fingerprint density at radius 2 is 2.43 bits per heavy atom. The summed E-state index contributed by atoms with van der Waals surface area (Å²) >= 11 is 0. The van der Waals surface area contributed by atoms with Crippen LogP contribution in [0.3, 0.4) is 0 Å². The molecule has 0 N–H and O–H groups in total. The van der Waals surface area contributed by atoms with Crippen molar-refractivity contribution in [3.8, 4) is 6.07 Å². The van der Waals surface area contributed by atoms with Crippen molar-refractivity contribution in [3.05, 3.63) is 11.9 Å². The van der Waals surface area contributed by atoms with E-state index in [0.29, 0.717) is 0 Å². The summed E-state index contributed by atoms with van der Waals surface area (Å²) < 4.78 is 0. The molecule has 0 radical (unpaired) electrons. The van der Waals surface area contributed by atoms with E-state index in [-0.39, 0.29) is 5.92 Å². The van der Waals surface area contributed by atoms with Crippen molar-refractivity contribution in [3.63, 3.8) is 0 Å². The zero-order valence-electron chi connectivity index (χ0n) is 8.80. The first-order chi connectivity index (χ1) is 6.61. The fraction of sp³-hybridized carbons (Fsp3) is 0.667. The normalized spacial score (nSPS) is 12.8. The minimum absolute atomic E-state index is 0.0525. The number of rotatable bonds is 4. The van der Waals surface area contributed by atoms with Crippen LogP contribution >= 0.6 is 0 Å². The molecule has 14 heavy (non-hydrogen) atoms. The average molecular weight is 193 g/mol. The molecule has 0 fully saturated rings. The smallest absolute Gasteiger partial charge is 0.0966 e. The Morgan fingerprint density at radius 3 is 2.93 bits per heavy atom. The van der Waals surface area contributed by atoms with Crippen LogP contribution in [-0.2, 0) is 13.6 Å². The maximum atomic E-state index is 8.65. The Labute approximate surface area is 83.9 Å². The summed E-state index contributed by atoms with van der Waals surface area (Å²) in [5.41, 5.74) is 0.931. The summed E-state index contributed by atoms with van der Waals surface area (Å²) in [7, 11) is 3.77. The molecule has 1 heterocycles. The number of hydrogen-bond donors (Lipinski definition) is 0. The van der Waals surface area contributed by atoms with Crippen LogP contribution in [0.4, 0.5) is 0 Å². The predicted octanol–water partition coefficient (Wildman–Crippen LogP) is 0.407. The van der Waals surface area contributed by atoms with Gasteiger partial charge in [0.25, 0.3) is 0 Å². The van der Waals surface area contributed by atoms with Crippen molar-refractivity contribution in [2.45, 2.75) is 13.5 Å². The highest BCUT2D eigenvalue weighted by Crippen LogP contribution is 2.01. The van der Waals surface area contributed by atoms with Gasteiger partial charge in [-0.3, -0.25) is 4.90 Å². The summed E-state index contributed by atoms with van der Waals surface area (Å²) in [6, 6.07) is 2.20. The van der Waals surface area contributed by atoms with Gasteiger partial charge in [0.2, 0.25) is 0 Å². The van der Waals surface area contributed by atoms with Crippen molar-refractivity contribution in [1.82, 2.24) is 19.9 Å². The summed E-state index contributed by atoms with van der Waals surface area (Å²) in [6.45, 7) is 3.40. The molecule has 0 aliphatic rings. The zero-order chi connectivity index (χ0) is 10.6. The molecule has 1 aromatic heterocycles. The largest absolute Gasteiger partial charge is 0.299 e. The molecule has 5 heteroatoms. The molecule has 1 rings (SSSR count). The van der Waals surface area contributed by atoms with Gasteiger partial charge >= 0.3 is 0 Å². The first-order valence-electron chi connectivity index (χ1n) is 4.55. The number of hydrogen-bond acceptors (Lipinski definition) is 4. The van der Waals surface area contributed by atoms with Crippen LogP contribution in [0.2, 0.25) is 0 Å². The molecule has 0 unspecified atom stereocenters. The monoisotopic (exact) mass is 193 g/mol. The Kier molecular flexibility index (Phi) is 3.60. The zero-order valence-corrected chi connectivity index (χ0v) is 8.80. The van der Waals surface area contributed by atoms with Gasteiger partial charge in [-0.2, -0.15) is 20.3 Å². The van der Waals surface area contributed by atoms with Gasteiger partial charge in [0.05, 0.1) is 23.9 Å². The second-order valence-corrected chi connectivity index (χ2v) is 3.55. The highest BCUT2D eigenvalue weighted by molar-refractivity contribution is 4.91. The van der Waals surface area contributed by atoms with E-state index < -0.39 is 0 Å². The molecular weight excluding hydrogens is 178 g/mol. The van der Waals surface area contributed by atoms with Gasteiger partial charge in [-0.05, 0) is 14.0 Å². The van der Waals surface area contributed by atoms with Crippen molar-refractivity contribution < 1.29 is 0 Å². The first-order valence-corrected chi connectivity index (χ1v) is 4.55. The second kappa shape index (κ2) is 4.72. The van der Waals surface area contributed by atoms with Gasteiger partial charge in [-0.1, -0.05) is 0 Å². The molecule has 0 saturated carbocycles. The number of aromatic nitrogens is 3. The highest BCUT2D eigenvalue weighted by atomic mass is 15.5. The summed E-state index contributed by atoms with van der Waals surface area (Å²) in [4.78, 5) is 3.61. The third-order valence-corrected chi connectivity index (χ3v) is 1.88. The van der Waals surface area contributed by atoms with Crippen LogP contribution in [-0.4, -0.2) is 33.5 Å². The highest BCUT2D eigenvalue weighted by Gasteiger charge is 2.07. The average Bonchev–Trinajstić information content (AvgIpc) is 2.50. The summed E-state index contributed by atoms with van der Waals surface area (Å²) in [6.07, 6.45) is 1.74. The van der Waals surface area contributed by atoms with E-state index in [1.165, 1.54) is 4.80 Å². The van der Waals surface area contributed by atoms with Crippen molar-refractivity contribution in [1.29, 1.82) is 5.26 Å². The van der Waals surface area contributed by atoms with E-state index in [2.05, 4.69) is 21.2 Å². The quantitative estimate of drug-likeness (QED) is 0.694. The van der Waals surface area contributed by atoms with Crippen LogP contribution in [0, 0.1) is 17.2 Å². The molecule has 76 valence electrons. The molecule has 5 nitrogen and oxygen atoms in total. The molecule has 0 spiro atoms. The number of aryl methyl sites for hydroxylation is 1. The van der Waals surface area contributed by atoms with Gasteiger partial charge in [0.1, 0.15) is 0 Å². The summed E-state index contributed by atoms with van der Waals surface area (Å²) in [5, 5.41) is 16.8. The van der Waals surface area contributed by atoms with Crippen LogP contribution in [0.25, 0.3) is 0 Å². The molecule has 0 aliphatic heterocycles. The van der Waals surface area contributed by atoms with E-state index in [4.69, 9.17) is 5.26 Å². The van der Waals surface area contributed by atoms with Gasteiger partial charge in [0.15, 0.2) is 0 Å². The Hall–Kier alpha value is -1.41. The SMILES string of the molecule is C[C@@H](C#N)CN(C)Cc1cnn(C)n1. The molecule has 0 amide bonds. The maximum Gasteiger partial charge on any atom is 0.0966 e. The second-order valence-electron chi connectivity index (χ2n) is 3.55. The molecule has 0 bridgehead atoms. The van der Waals surface area contributed by atoms with E-state index >= 15 is 0 Å². The third kappa shape index (κ3) is 3.15. The molecule has 0 aromatic carbocycles. The van der Waals surface area contributed by atoms with Crippen molar-refractivity contribution >= 4 is 0 Å². The van der Waals surface area contributed by atoms with Gasteiger partial charge < -0.3 is 0 Å². The molecule has 0 saturated heterocycles. The van der Waals surface area contributed by atoms with Gasteiger partial charge in [-0.25, -0.2) is 0 Å². The van der Waals surface area contributed by atoms with Crippen LogP contribution in [0.5, 0.6) is 0 Å². The van der Waals surface area contributed by atoms with Crippen LogP contribution < -0.4 is 0 Å². The lowest BCUT2D eigenvalue weighted by Crippen LogP contribution is -2.23. The number of nitrogens with zero attached hydrogens (tertiary/aromatic N) is 5. The minimum Gasteiger partial charge on any atom is -0.299 e. The summed E-state index contributed by atoms with van der Waals surface area (Å²) in [5.74, 6) is 0.0525. The molecule has 1 aromatic rings. The van der Waals surface area contributed by atoms with E-state index in [0.717, 1.165) is 18.8 Å². The Bertz CT molecular complexity index is 324. The van der Waals surface area contributed by atoms with Crippen LogP contribution in [0.1, 0.15) is 12.6 Å². The topological polar surface area (TPSA) is 57.7 Å². The van der Waals surface area contributed by atoms with Gasteiger partial charge in [0, 0.05) is 20.1 Å². The fourth-order valence-corrected chi connectivity index (χ4v) is 1.31. The molecule has 1 atom stereocenters.